The quantitative estimate of drug-likeness (QED) is 0.827. The Bertz CT molecular complexity index is 496. The van der Waals surface area contributed by atoms with Gasteiger partial charge in [0.2, 0.25) is 0 Å². The van der Waals surface area contributed by atoms with E-state index < -0.39 is 9.84 Å². The van der Waals surface area contributed by atoms with Gasteiger partial charge in [0, 0.05) is 11.5 Å². The summed E-state index contributed by atoms with van der Waals surface area (Å²) in [4.78, 5) is 0.287. The second kappa shape index (κ2) is 4.07. The summed E-state index contributed by atoms with van der Waals surface area (Å²) < 4.78 is 23.7. The third-order valence-electron chi connectivity index (χ3n) is 2.96. The monoisotopic (exact) mass is 241 g/mol. The zero-order valence-electron chi connectivity index (χ0n) is 8.89. The summed E-state index contributed by atoms with van der Waals surface area (Å²) in [6, 6.07) is 4.67. The molecule has 88 valence electrons. The molecule has 16 heavy (non-hydrogen) atoms. The van der Waals surface area contributed by atoms with E-state index in [0.29, 0.717) is 18.5 Å². The molecule has 4 nitrogen and oxygen atoms in total. The molecule has 0 saturated carbocycles. The van der Waals surface area contributed by atoms with E-state index in [0.717, 1.165) is 6.42 Å². The molecule has 1 aliphatic heterocycles. The van der Waals surface area contributed by atoms with Crippen molar-refractivity contribution in [3.63, 3.8) is 0 Å². The minimum absolute atomic E-state index is 0.0839. The van der Waals surface area contributed by atoms with Gasteiger partial charge >= 0.3 is 0 Å². The highest BCUT2D eigenvalue weighted by atomic mass is 32.2. The van der Waals surface area contributed by atoms with Crippen LogP contribution in [0, 0.1) is 0 Å². The number of aromatic hydroxyl groups is 1. The lowest BCUT2D eigenvalue weighted by atomic mass is 9.95. The van der Waals surface area contributed by atoms with Crippen LogP contribution in [0.5, 0.6) is 5.75 Å². The highest BCUT2D eigenvalue weighted by Crippen LogP contribution is 2.42. The molecule has 3 N–H and O–H groups in total. The largest absolute Gasteiger partial charge is 0.508 e. The highest BCUT2D eigenvalue weighted by Gasteiger charge is 2.36. The second-order valence-electron chi connectivity index (χ2n) is 4.10. The first kappa shape index (κ1) is 11.4. The number of hydrogen-bond donors (Lipinski definition) is 2. The van der Waals surface area contributed by atoms with Gasteiger partial charge in [-0.05, 0) is 31.5 Å². The predicted octanol–water partition coefficient (Wildman–Crippen LogP) is 1.00. The Morgan fingerprint density at radius 2 is 2.19 bits per heavy atom. The summed E-state index contributed by atoms with van der Waals surface area (Å²) in [5.74, 6) is 0.0743. The van der Waals surface area contributed by atoms with Crippen LogP contribution in [0.2, 0.25) is 0 Å². The van der Waals surface area contributed by atoms with Crippen molar-refractivity contribution in [1.29, 1.82) is 0 Å². The lowest BCUT2D eigenvalue weighted by Crippen LogP contribution is -2.06. The first-order chi connectivity index (χ1) is 7.56. The standard InChI is InChI=1S/C11H15NO3S/c12-6-2-3-8-7-16(14,15)10-5-1-4-9(13)11(8)10/h1,4-5,8,13H,2-3,6-7,12H2. The van der Waals surface area contributed by atoms with Crippen LogP contribution in [0.25, 0.3) is 0 Å². The van der Waals surface area contributed by atoms with Crippen LogP contribution in [-0.4, -0.2) is 25.8 Å². The van der Waals surface area contributed by atoms with Crippen LogP contribution in [0.4, 0.5) is 0 Å². The summed E-state index contributed by atoms with van der Waals surface area (Å²) in [6.45, 7) is 0.541. The maximum Gasteiger partial charge on any atom is 0.179 e. The molecule has 0 spiro atoms. The van der Waals surface area contributed by atoms with Gasteiger partial charge in [0.15, 0.2) is 9.84 Å². The molecule has 0 fully saturated rings. The summed E-state index contributed by atoms with van der Waals surface area (Å²) in [5, 5.41) is 9.74. The van der Waals surface area contributed by atoms with E-state index in [2.05, 4.69) is 0 Å². The van der Waals surface area contributed by atoms with Gasteiger partial charge in [0.1, 0.15) is 5.75 Å². The smallest absolute Gasteiger partial charge is 0.179 e. The molecule has 0 bridgehead atoms. The van der Waals surface area contributed by atoms with Crippen LogP contribution in [0.3, 0.4) is 0 Å². The molecule has 2 rings (SSSR count). The van der Waals surface area contributed by atoms with Crippen molar-refractivity contribution in [2.45, 2.75) is 23.7 Å². The van der Waals surface area contributed by atoms with Gasteiger partial charge in [-0.25, -0.2) is 8.42 Å². The molecule has 1 unspecified atom stereocenters. The normalized spacial score (nSPS) is 21.9. The number of nitrogens with two attached hydrogens (primary N) is 1. The molecular weight excluding hydrogens is 226 g/mol. The maximum absolute atomic E-state index is 11.8. The molecule has 1 atom stereocenters. The molecule has 5 heteroatoms. The third kappa shape index (κ3) is 1.81. The van der Waals surface area contributed by atoms with Gasteiger partial charge in [-0.3, -0.25) is 0 Å². The van der Waals surface area contributed by atoms with E-state index in [-0.39, 0.29) is 22.3 Å². The average Bonchev–Trinajstić information content (AvgIpc) is 2.49. The van der Waals surface area contributed by atoms with Gasteiger partial charge in [-0.15, -0.1) is 0 Å². The Kier molecular flexibility index (Phi) is 2.90. The zero-order chi connectivity index (χ0) is 11.8. The molecule has 0 saturated heterocycles. The summed E-state index contributed by atoms with van der Waals surface area (Å²) in [6.07, 6.45) is 1.48. The average molecular weight is 241 g/mol. The molecule has 1 aromatic rings. The van der Waals surface area contributed by atoms with Gasteiger partial charge in [-0.1, -0.05) is 6.07 Å². The Morgan fingerprint density at radius 3 is 2.88 bits per heavy atom. The van der Waals surface area contributed by atoms with Crippen molar-refractivity contribution in [2.75, 3.05) is 12.3 Å². The van der Waals surface area contributed by atoms with Crippen LogP contribution in [-0.2, 0) is 9.84 Å². The molecule has 1 aliphatic rings. The molecule has 0 amide bonds. The van der Waals surface area contributed by atoms with Crippen LogP contribution >= 0.6 is 0 Å². The fourth-order valence-corrected chi connectivity index (χ4v) is 4.18. The lowest BCUT2D eigenvalue weighted by molar-refractivity contribution is 0.458. The van der Waals surface area contributed by atoms with Crippen molar-refractivity contribution < 1.29 is 13.5 Å². The van der Waals surface area contributed by atoms with Crippen LogP contribution in [0.15, 0.2) is 23.1 Å². The number of phenolic OH excluding ortho intramolecular Hbond substituents is 1. The van der Waals surface area contributed by atoms with Gasteiger partial charge < -0.3 is 10.8 Å². The van der Waals surface area contributed by atoms with E-state index in [1.165, 1.54) is 6.07 Å². The molecule has 0 aromatic heterocycles. The zero-order valence-corrected chi connectivity index (χ0v) is 9.70. The minimum atomic E-state index is -3.21. The number of benzene rings is 1. The fourth-order valence-electron chi connectivity index (χ4n) is 2.24. The van der Waals surface area contributed by atoms with Crippen LogP contribution < -0.4 is 5.73 Å². The summed E-state index contributed by atoms with van der Waals surface area (Å²) in [7, 11) is -3.21. The van der Waals surface area contributed by atoms with Crippen molar-refractivity contribution in [2.24, 2.45) is 5.73 Å². The molecule has 1 heterocycles. The second-order valence-corrected chi connectivity index (χ2v) is 6.10. The van der Waals surface area contributed by atoms with Gasteiger partial charge in [0.05, 0.1) is 10.6 Å². The van der Waals surface area contributed by atoms with E-state index in [4.69, 9.17) is 5.73 Å². The number of hydrogen-bond acceptors (Lipinski definition) is 4. The van der Waals surface area contributed by atoms with Crippen molar-refractivity contribution in [1.82, 2.24) is 0 Å². The van der Waals surface area contributed by atoms with Crippen LogP contribution in [0.1, 0.15) is 24.3 Å². The first-order valence-corrected chi connectivity index (χ1v) is 6.96. The fraction of sp³-hybridized carbons (Fsp3) is 0.455. The maximum atomic E-state index is 11.8. The van der Waals surface area contributed by atoms with E-state index >= 15 is 0 Å². The van der Waals surface area contributed by atoms with E-state index in [9.17, 15) is 13.5 Å². The number of rotatable bonds is 3. The SMILES string of the molecule is NCCCC1CS(=O)(=O)c2cccc(O)c21. The predicted molar refractivity (Wildman–Crippen MR) is 61.2 cm³/mol. The highest BCUT2D eigenvalue weighted by molar-refractivity contribution is 7.91. The Hall–Kier alpha value is -1.07. The molecule has 0 radical (unpaired) electrons. The minimum Gasteiger partial charge on any atom is -0.508 e. The van der Waals surface area contributed by atoms with E-state index in [1.807, 2.05) is 0 Å². The van der Waals surface area contributed by atoms with Crippen molar-refractivity contribution in [3.8, 4) is 5.75 Å². The van der Waals surface area contributed by atoms with Crippen molar-refractivity contribution >= 4 is 9.84 Å². The number of phenols is 1. The summed E-state index contributed by atoms with van der Waals surface area (Å²) in [5.41, 5.74) is 6.00. The third-order valence-corrected chi connectivity index (χ3v) is 4.83. The lowest BCUT2D eigenvalue weighted by Gasteiger charge is -2.10. The first-order valence-electron chi connectivity index (χ1n) is 5.31. The summed E-state index contributed by atoms with van der Waals surface area (Å²) >= 11 is 0. The Balaban J connectivity index is 2.44. The van der Waals surface area contributed by atoms with Gasteiger partial charge in [0.25, 0.3) is 0 Å². The Labute approximate surface area is 95.0 Å². The Morgan fingerprint density at radius 1 is 1.44 bits per heavy atom. The number of fused-ring (bicyclic) bond motifs is 1. The topological polar surface area (TPSA) is 80.4 Å². The molecular formula is C11H15NO3S. The molecule has 0 aliphatic carbocycles. The number of sulfone groups is 1. The van der Waals surface area contributed by atoms with Crippen molar-refractivity contribution in [3.05, 3.63) is 23.8 Å². The van der Waals surface area contributed by atoms with Gasteiger partial charge in [-0.2, -0.15) is 0 Å². The molecule has 1 aromatic carbocycles. The van der Waals surface area contributed by atoms with E-state index in [1.54, 1.807) is 12.1 Å².